The van der Waals surface area contributed by atoms with Gasteiger partial charge in [0.1, 0.15) is 28.7 Å². The largest absolute Gasteiger partial charge is 0.497 e. The first kappa shape index (κ1) is 21.0. The quantitative estimate of drug-likeness (QED) is 0.321. The van der Waals surface area contributed by atoms with Gasteiger partial charge in [-0.2, -0.15) is 0 Å². The molecule has 7 nitrogen and oxygen atoms in total. The van der Waals surface area contributed by atoms with Crippen molar-refractivity contribution in [1.82, 2.24) is 0 Å². The number of Topliss-reactive ketones (excluding diaryl/α,β-unsaturated/α-hetero) is 1. The van der Waals surface area contributed by atoms with Gasteiger partial charge in [-0.25, -0.2) is 4.79 Å². The average molecular weight is 432 g/mol. The highest BCUT2D eigenvalue weighted by Gasteiger charge is 2.28. The van der Waals surface area contributed by atoms with E-state index in [4.69, 9.17) is 23.7 Å². The lowest BCUT2D eigenvalue weighted by molar-refractivity contribution is 0.0734. The summed E-state index contributed by atoms with van der Waals surface area (Å²) in [4.78, 5) is 25.2. The lowest BCUT2D eigenvalue weighted by Gasteiger charge is -2.08. The molecule has 1 aliphatic heterocycles. The van der Waals surface area contributed by atoms with Crippen LogP contribution in [0.5, 0.6) is 28.7 Å². The number of carbonyl (C=O) groups is 2. The molecule has 1 aliphatic rings. The Balaban J connectivity index is 1.56. The molecule has 0 aromatic heterocycles. The molecule has 3 aromatic carbocycles. The van der Waals surface area contributed by atoms with Gasteiger partial charge in [-0.15, -0.1) is 0 Å². The smallest absolute Gasteiger partial charge is 0.343 e. The second-order valence-corrected chi connectivity index (χ2v) is 6.82. The molecule has 0 atom stereocenters. The summed E-state index contributed by atoms with van der Waals surface area (Å²) in [5, 5.41) is 0. The molecule has 162 valence electrons. The number of allylic oxidation sites excluding steroid dienone is 1. The van der Waals surface area contributed by atoms with Crippen molar-refractivity contribution in [3.63, 3.8) is 0 Å². The van der Waals surface area contributed by atoms with Crippen LogP contribution < -0.4 is 23.7 Å². The van der Waals surface area contributed by atoms with E-state index in [9.17, 15) is 9.59 Å². The average Bonchev–Trinajstić information content (AvgIpc) is 3.13. The van der Waals surface area contributed by atoms with E-state index < -0.39 is 5.97 Å². The third-order valence-electron chi connectivity index (χ3n) is 4.90. The zero-order valence-corrected chi connectivity index (χ0v) is 17.7. The Hall–Kier alpha value is -4.26. The molecular weight excluding hydrogens is 412 g/mol. The SMILES string of the molecule is COc1ccc(C(=O)Oc2ccc3c(c2)OC(=Cc2cc(OC)ccc2OC)C3=O)cc1. The minimum absolute atomic E-state index is 0.130. The predicted octanol–water partition coefficient (Wildman–Crippen LogP) is 4.55. The summed E-state index contributed by atoms with van der Waals surface area (Å²) in [6.07, 6.45) is 1.59. The normalized spacial score (nSPS) is 13.3. The van der Waals surface area contributed by atoms with E-state index in [1.807, 2.05) is 0 Å². The fourth-order valence-corrected chi connectivity index (χ4v) is 3.22. The molecule has 7 heteroatoms. The van der Waals surface area contributed by atoms with Gasteiger partial charge in [0.15, 0.2) is 5.76 Å². The Morgan fingerprint density at radius 1 is 0.812 bits per heavy atom. The zero-order chi connectivity index (χ0) is 22.7. The first-order valence-corrected chi connectivity index (χ1v) is 9.69. The maximum absolute atomic E-state index is 12.8. The number of fused-ring (bicyclic) bond motifs is 1. The van der Waals surface area contributed by atoms with Crippen LogP contribution in [0.25, 0.3) is 6.08 Å². The Morgan fingerprint density at radius 3 is 2.19 bits per heavy atom. The van der Waals surface area contributed by atoms with E-state index in [2.05, 4.69) is 0 Å². The van der Waals surface area contributed by atoms with E-state index in [0.717, 1.165) is 0 Å². The van der Waals surface area contributed by atoms with Crippen molar-refractivity contribution in [3.8, 4) is 28.7 Å². The molecule has 32 heavy (non-hydrogen) atoms. The van der Waals surface area contributed by atoms with Crippen LogP contribution in [0.4, 0.5) is 0 Å². The third-order valence-corrected chi connectivity index (χ3v) is 4.90. The summed E-state index contributed by atoms with van der Waals surface area (Å²) >= 11 is 0. The van der Waals surface area contributed by atoms with Crippen LogP contribution in [-0.4, -0.2) is 33.1 Å². The molecule has 0 saturated heterocycles. The highest BCUT2D eigenvalue weighted by molar-refractivity contribution is 6.14. The van der Waals surface area contributed by atoms with E-state index in [1.165, 1.54) is 6.07 Å². The molecule has 0 amide bonds. The van der Waals surface area contributed by atoms with Crippen LogP contribution in [0.1, 0.15) is 26.3 Å². The molecule has 4 rings (SSSR count). The van der Waals surface area contributed by atoms with Crippen molar-refractivity contribution >= 4 is 17.8 Å². The lowest BCUT2D eigenvalue weighted by atomic mass is 10.1. The van der Waals surface area contributed by atoms with Gasteiger partial charge in [-0.05, 0) is 60.7 Å². The van der Waals surface area contributed by atoms with Gasteiger partial charge in [0, 0.05) is 11.6 Å². The highest BCUT2D eigenvalue weighted by Crippen LogP contribution is 2.36. The summed E-state index contributed by atoms with van der Waals surface area (Å²) in [6.45, 7) is 0. The molecule has 0 saturated carbocycles. The first-order valence-electron chi connectivity index (χ1n) is 9.69. The van der Waals surface area contributed by atoms with Gasteiger partial charge in [0.25, 0.3) is 0 Å². The standard InChI is InChI=1S/C25H20O7/c1-28-17-6-4-15(5-7-17)25(27)31-19-8-10-20-22(14-19)32-23(24(20)26)13-16-12-18(29-2)9-11-21(16)30-3/h4-14H,1-3H3. The molecule has 1 heterocycles. The van der Waals surface area contributed by atoms with Crippen LogP contribution in [0, 0.1) is 0 Å². The number of benzene rings is 3. The molecule has 0 radical (unpaired) electrons. The van der Waals surface area contributed by atoms with Gasteiger partial charge in [0.2, 0.25) is 5.78 Å². The summed E-state index contributed by atoms with van der Waals surface area (Å²) in [5.41, 5.74) is 1.38. The summed E-state index contributed by atoms with van der Waals surface area (Å²) < 4.78 is 26.9. The van der Waals surface area contributed by atoms with Crippen molar-refractivity contribution in [2.75, 3.05) is 21.3 Å². The predicted molar refractivity (Wildman–Crippen MR) is 117 cm³/mol. The molecule has 0 spiro atoms. The van der Waals surface area contributed by atoms with Gasteiger partial charge in [0.05, 0.1) is 32.5 Å². The fourth-order valence-electron chi connectivity index (χ4n) is 3.22. The van der Waals surface area contributed by atoms with Crippen molar-refractivity contribution in [3.05, 3.63) is 83.1 Å². The maximum atomic E-state index is 12.8. The number of ketones is 1. The minimum atomic E-state index is -0.534. The Morgan fingerprint density at radius 2 is 1.50 bits per heavy atom. The van der Waals surface area contributed by atoms with Crippen LogP contribution in [-0.2, 0) is 0 Å². The van der Waals surface area contributed by atoms with E-state index in [-0.39, 0.29) is 17.3 Å². The number of ether oxygens (including phenoxy) is 5. The van der Waals surface area contributed by atoms with Crippen molar-refractivity contribution < 1.29 is 33.3 Å². The lowest BCUT2D eigenvalue weighted by Crippen LogP contribution is -2.08. The second-order valence-electron chi connectivity index (χ2n) is 6.82. The fraction of sp³-hybridized carbons (Fsp3) is 0.120. The van der Waals surface area contributed by atoms with Crippen LogP contribution in [0.2, 0.25) is 0 Å². The number of hydrogen-bond donors (Lipinski definition) is 0. The topological polar surface area (TPSA) is 80.3 Å². The number of rotatable bonds is 6. The molecule has 0 unspecified atom stereocenters. The number of hydrogen-bond acceptors (Lipinski definition) is 7. The molecule has 0 aliphatic carbocycles. The van der Waals surface area contributed by atoms with Crippen molar-refractivity contribution in [2.45, 2.75) is 0 Å². The van der Waals surface area contributed by atoms with Crippen LogP contribution >= 0.6 is 0 Å². The van der Waals surface area contributed by atoms with Crippen molar-refractivity contribution in [2.24, 2.45) is 0 Å². The van der Waals surface area contributed by atoms with Gasteiger partial charge < -0.3 is 23.7 Å². The van der Waals surface area contributed by atoms with E-state index >= 15 is 0 Å². The summed E-state index contributed by atoms with van der Waals surface area (Å²) in [6, 6.07) is 16.4. The third kappa shape index (κ3) is 4.13. The molecule has 3 aromatic rings. The summed E-state index contributed by atoms with van der Waals surface area (Å²) in [5.74, 6) is 1.71. The monoisotopic (exact) mass is 432 g/mol. The van der Waals surface area contributed by atoms with Crippen LogP contribution in [0.3, 0.4) is 0 Å². The molecule has 0 fully saturated rings. The van der Waals surface area contributed by atoms with Gasteiger partial charge in [-0.3, -0.25) is 4.79 Å². The highest BCUT2D eigenvalue weighted by atomic mass is 16.5. The Kier molecular flexibility index (Phi) is 5.81. The number of esters is 1. The molecule has 0 N–H and O–H groups in total. The summed E-state index contributed by atoms with van der Waals surface area (Å²) in [7, 11) is 4.64. The minimum Gasteiger partial charge on any atom is -0.497 e. The molecule has 0 bridgehead atoms. The Bertz CT molecular complexity index is 1210. The van der Waals surface area contributed by atoms with E-state index in [1.54, 1.807) is 82.0 Å². The van der Waals surface area contributed by atoms with Gasteiger partial charge >= 0.3 is 5.97 Å². The maximum Gasteiger partial charge on any atom is 0.343 e. The molecular formula is C25H20O7. The number of methoxy groups -OCH3 is 3. The Labute approximate surface area is 184 Å². The number of carbonyl (C=O) groups excluding carboxylic acids is 2. The first-order chi connectivity index (χ1) is 15.5. The van der Waals surface area contributed by atoms with Crippen LogP contribution in [0.15, 0.2) is 66.4 Å². The van der Waals surface area contributed by atoms with Crippen molar-refractivity contribution in [1.29, 1.82) is 0 Å². The van der Waals surface area contributed by atoms with Gasteiger partial charge in [-0.1, -0.05) is 0 Å². The second kappa shape index (κ2) is 8.85. The zero-order valence-electron chi connectivity index (χ0n) is 17.7. The van der Waals surface area contributed by atoms with E-state index in [0.29, 0.717) is 39.7 Å².